The first-order valence-electron chi connectivity index (χ1n) is 6.40. The number of furan rings is 1. The Labute approximate surface area is 115 Å². The largest absolute Gasteiger partial charge is 0.475 e. The number of carbonyl (C=O) groups excluding carboxylic acids is 1. The summed E-state index contributed by atoms with van der Waals surface area (Å²) >= 11 is 1.21. The lowest BCUT2D eigenvalue weighted by atomic mass is 9.95. The van der Waals surface area contributed by atoms with Crippen LogP contribution in [0.25, 0.3) is 0 Å². The van der Waals surface area contributed by atoms with E-state index >= 15 is 0 Å². The zero-order valence-electron chi connectivity index (χ0n) is 10.6. The Morgan fingerprint density at radius 1 is 1.32 bits per heavy atom. The van der Waals surface area contributed by atoms with Gasteiger partial charge in [0.15, 0.2) is 5.09 Å². The van der Waals surface area contributed by atoms with Crippen LogP contribution in [0.4, 0.5) is 0 Å². The Hall–Kier alpha value is -1.43. The molecule has 0 spiro atoms. The first-order valence-corrected chi connectivity index (χ1v) is 7.39. The molecule has 6 heteroatoms. The lowest BCUT2D eigenvalue weighted by Crippen LogP contribution is -2.37. The average molecular weight is 283 g/mol. The zero-order valence-corrected chi connectivity index (χ0v) is 11.4. The van der Waals surface area contributed by atoms with Crippen molar-refractivity contribution in [2.45, 2.75) is 43.2 Å². The number of carbonyl (C=O) groups is 2. The van der Waals surface area contributed by atoms with Crippen molar-refractivity contribution in [1.82, 2.24) is 5.32 Å². The van der Waals surface area contributed by atoms with E-state index in [1.807, 2.05) is 0 Å². The van der Waals surface area contributed by atoms with Crippen LogP contribution in [0.2, 0.25) is 0 Å². The van der Waals surface area contributed by atoms with Crippen molar-refractivity contribution in [3.63, 3.8) is 0 Å². The number of rotatable bonds is 5. The molecule has 1 saturated carbocycles. The third kappa shape index (κ3) is 4.31. The number of carboxylic acid groups (broad SMARTS) is 1. The smallest absolute Gasteiger partial charge is 0.371 e. The molecule has 1 aliphatic carbocycles. The lowest BCUT2D eigenvalue weighted by molar-refractivity contribution is -0.119. The van der Waals surface area contributed by atoms with E-state index in [4.69, 9.17) is 9.52 Å². The molecule has 2 rings (SSSR count). The number of hydrogen-bond donors (Lipinski definition) is 2. The highest BCUT2D eigenvalue weighted by molar-refractivity contribution is 7.99. The summed E-state index contributed by atoms with van der Waals surface area (Å²) in [5, 5.41) is 12.2. The molecule has 1 fully saturated rings. The first-order chi connectivity index (χ1) is 9.15. The minimum atomic E-state index is -1.10. The number of nitrogens with one attached hydrogen (secondary N) is 1. The van der Waals surface area contributed by atoms with Crippen LogP contribution in [0.3, 0.4) is 0 Å². The van der Waals surface area contributed by atoms with Crippen molar-refractivity contribution in [2.75, 3.05) is 5.75 Å². The molecule has 0 radical (unpaired) electrons. The van der Waals surface area contributed by atoms with Gasteiger partial charge >= 0.3 is 5.97 Å². The Bertz CT molecular complexity index is 451. The summed E-state index contributed by atoms with van der Waals surface area (Å²) in [6.45, 7) is 0. The fourth-order valence-corrected chi connectivity index (χ4v) is 2.84. The molecule has 0 saturated heterocycles. The van der Waals surface area contributed by atoms with Crippen LogP contribution in [-0.2, 0) is 4.79 Å². The van der Waals surface area contributed by atoms with Crippen molar-refractivity contribution in [2.24, 2.45) is 0 Å². The lowest BCUT2D eigenvalue weighted by Gasteiger charge is -2.22. The Balaban J connectivity index is 1.74. The number of hydrogen-bond acceptors (Lipinski definition) is 4. The van der Waals surface area contributed by atoms with Gasteiger partial charge in [0, 0.05) is 6.04 Å². The van der Waals surface area contributed by atoms with E-state index in [2.05, 4.69) is 5.32 Å². The second-order valence-electron chi connectivity index (χ2n) is 4.61. The minimum Gasteiger partial charge on any atom is -0.475 e. The average Bonchev–Trinajstić information content (AvgIpc) is 2.86. The van der Waals surface area contributed by atoms with E-state index in [0.717, 1.165) is 12.8 Å². The summed E-state index contributed by atoms with van der Waals surface area (Å²) < 4.78 is 5.07. The number of thioether (sulfide) groups is 1. The van der Waals surface area contributed by atoms with Crippen LogP contribution in [0.1, 0.15) is 42.7 Å². The van der Waals surface area contributed by atoms with Crippen molar-refractivity contribution in [3.8, 4) is 0 Å². The molecular formula is C13H17NO4S. The molecular weight excluding hydrogens is 266 g/mol. The second-order valence-corrected chi connectivity index (χ2v) is 5.59. The maximum Gasteiger partial charge on any atom is 0.371 e. The van der Waals surface area contributed by atoms with Crippen molar-refractivity contribution < 1.29 is 19.1 Å². The summed E-state index contributed by atoms with van der Waals surface area (Å²) in [7, 11) is 0. The van der Waals surface area contributed by atoms with E-state index in [1.165, 1.54) is 37.1 Å². The standard InChI is InChI=1S/C13H17NO4S/c15-11(14-9-4-2-1-3-5-9)8-19-12-7-6-10(18-12)13(16)17/h6-7,9H,1-5,8H2,(H,14,15)(H,16,17). The molecule has 1 aromatic rings. The van der Waals surface area contributed by atoms with Crippen LogP contribution in [0, 0.1) is 0 Å². The van der Waals surface area contributed by atoms with Gasteiger partial charge in [0.2, 0.25) is 11.7 Å². The molecule has 19 heavy (non-hydrogen) atoms. The van der Waals surface area contributed by atoms with Gasteiger partial charge in [0.1, 0.15) is 0 Å². The molecule has 1 aliphatic rings. The summed E-state index contributed by atoms with van der Waals surface area (Å²) in [6.07, 6.45) is 5.72. The normalized spacial score (nSPS) is 16.2. The minimum absolute atomic E-state index is 0.0230. The molecule has 104 valence electrons. The molecule has 0 atom stereocenters. The van der Waals surface area contributed by atoms with E-state index in [1.54, 1.807) is 6.07 Å². The predicted molar refractivity (Wildman–Crippen MR) is 71.4 cm³/mol. The second kappa shape index (κ2) is 6.65. The summed E-state index contributed by atoms with van der Waals surface area (Å²) in [4.78, 5) is 22.4. The fourth-order valence-electron chi connectivity index (χ4n) is 2.17. The molecule has 5 nitrogen and oxygen atoms in total. The van der Waals surface area contributed by atoms with Gasteiger partial charge in [-0.25, -0.2) is 4.79 Å². The summed E-state index contributed by atoms with van der Waals surface area (Å²) in [5.74, 6) is -0.970. The van der Waals surface area contributed by atoms with E-state index in [-0.39, 0.29) is 17.4 Å². The zero-order chi connectivity index (χ0) is 13.7. The number of carboxylic acids is 1. The van der Waals surface area contributed by atoms with Gasteiger partial charge in [-0.05, 0) is 25.0 Å². The number of aromatic carboxylic acids is 1. The monoisotopic (exact) mass is 283 g/mol. The van der Waals surface area contributed by atoms with Gasteiger partial charge < -0.3 is 14.8 Å². The fraction of sp³-hybridized carbons (Fsp3) is 0.538. The number of amides is 1. The Kier molecular flexibility index (Phi) is 4.90. The van der Waals surface area contributed by atoms with Gasteiger partial charge in [-0.3, -0.25) is 4.79 Å². The van der Waals surface area contributed by atoms with E-state index in [0.29, 0.717) is 11.1 Å². The van der Waals surface area contributed by atoms with Crippen molar-refractivity contribution in [1.29, 1.82) is 0 Å². The summed E-state index contributed by atoms with van der Waals surface area (Å²) in [5.41, 5.74) is 0. The van der Waals surface area contributed by atoms with Crippen LogP contribution in [0.5, 0.6) is 0 Å². The maximum atomic E-state index is 11.7. The van der Waals surface area contributed by atoms with Gasteiger partial charge in [0.25, 0.3) is 0 Å². The van der Waals surface area contributed by atoms with Crippen LogP contribution in [0.15, 0.2) is 21.6 Å². The van der Waals surface area contributed by atoms with E-state index < -0.39 is 5.97 Å². The topological polar surface area (TPSA) is 79.5 Å². The SMILES string of the molecule is O=C(CSc1ccc(C(=O)O)o1)NC1CCCCC1. The third-order valence-corrected chi connectivity index (χ3v) is 4.02. The third-order valence-electron chi connectivity index (χ3n) is 3.11. The van der Waals surface area contributed by atoms with Gasteiger partial charge in [-0.15, -0.1) is 0 Å². The highest BCUT2D eigenvalue weighted by Gasteiger charge is 2.16. The van der Waals surface area contributed by atoms with Crippen LogP contribution >= 0.6 is 11.8 Å². The maximum absolute atomic E-state index is 11.7. The molecule has 1 aromatic heterocycles. The van der Waals surface area contributed by atoms with E-state index in [9.17, 15) is 9.59 Å². The van der Waals surface area contributed by atoms with Gasteiger partial charge in [-0.2, -0.15) is 0 Å². The van der Waals surface area contributed by atoms with Gasteiger partial charge in [-0.1, -0.05) is 31.0 Å². The van der Waals surface area contributed by atoms with Crippen molar-refractivity contribution in [3.05, 3.63) is 17.9 Å². The molecule has 0 aliphatic heterocycles. The summed E-state index contributed by atoms with van der Waals surface area (Å²) in [6, 6.07) is 3.26. The Morgan fingerprint density at radius 2 is 2.05 bits per heavy atom. The molecule has 0 bridgehead atoms. The first kappa shape index (κ1) is 14.0. The predicted octanol–water partition coefficient (Wildman–Crippen LogP) is 2.52. The van der Waals surface area contributed by atoms with Crippen LogP contribution in [-0.4, -0.2) is 28.8 Å². The molecule has 1 amide bonds. The van der Waals surface area contributed by atoms with Crippen LogP contribution < -0.4 is 5.32 Å². The molecule has 1 heterocycles. The van der Waals surface area contributed by atoms with Crippen molar-refractivity contribution >= 4 is 23.6 Å². The van der Waals surface area contributed by atoms with Gasteiger partial charge in [0.05, 0.1) is 5.75 Å². The molecule has 2 N–H and O–H groups in total. The highest BCUT2D eigenvalue weighted by Crippen LogP contribution is 2.21. The molecule has 0 aromatic carbocycles. The Morgan fingerprint density at radius 3 is 2.68 bits per heavy atom. The quantitative estimate of drug-likeness (QED) is 0.812. The molecule has 0 unspecified atom stereocenters. The highest BCUT2D eigenvalue weighted by atomic mass is 32.2.